The number of hydrogen-bond donors (Lipinski definition) is 0. The van der Waals surface area contributed by atoms with Crippen molar-refractivity contribution in [1.29, 1.82) is 0 Å². The van der Waals surface area contributed by atoms with Crippen LogP contribution in [0.1, 0.15) is 42.3 Å². The molecule has 1 aliphatic rings. The van der Waals surface area contributed by atoms with Gasteiger partial charge in [0.1, 0.15) is 5.82 Å². The number of carbonyl (C=O) groups excluding carboxylic acids is 1. The molecule has 1 fully saturated rings. The molecule has 3 aromatic heterocycles. The van der Waals surface area contributed by atoms with Crippen LogP contribution in [-0.2, 0) is 24.8 Å². The van der Waals surface area contributed by atoms with E-state index in [2.05, 4.69) is 25.0 Å². The van der Waals surface area contributed by atoms with Gasteiger partial charge in [0.15, 0.2) is 0 Å². The van der Waals surface area contributed by atoms with E-state index in [9.17, 15) is 4.79 Å². The van der Waals surface area contributed by atoms with Crippen molar-refractivity contribution in [2.45, 2.75) is 38.1 Å². The van der Waals surface area contributed by atoms with Gasteiger partial charge in [-0.1, -0.05) is 0 Å². The molecular weight excluding hydrogens is 360 g/mol. The van der Waals surface area contributed by atoms with Crippen molar-refractivity contribution < 1.29 is 4.79 Å². The third-order valence-corrected chi connectivity index (χ3v) is 5.72. The van der Waals surface area contributed by atoms with Crippen LogP contribution < -0.4 is 0 Å². The van der Waals surface area contributed by atoms with Crippen molar-refractivity contribution in [3.05, 3.63) is 52.8 Å². The summed E-state index contributed by atoms with van der Waals surface area (Å²) in [5.41, 5.74) is 4.02. The molecule has 0 aliphatic carbocycles. The Morgan fingerprint density at radius 1 is 1.37 bits per heavy atom. The average molecular weight is 385 g/mol. The molecule has 4 rings (SSSR count). The Balaban J connectivity index is 1.38. The molecule has 27 heavy (non-hydrogen) atoms. The van der Waals surface area contributed by atoms with Crippen molar-refractivity contribution in [2.24, 2.45) is 7.05 Å². The molecule has 0 spiro atoms. The predicted octanol–water partition coefficient (Wildman–Crippen LogP) is 2.46. The number of thiazole rings is 1. The van der Waals surface area contributed by atoms with Gasteiger partial charge in [-0.2, -0.15) is 5.10 Å². The number of hydrogen-bond acceptors (Lipinski definition) is 5. The zero-order valence-electron chi connectivity index (χ0n) is 15.5. The lowest BCUT2D eigenvalue weighted by Gasteiger charge is -2.32. The molecule has 0 unspecified atom stereocenters. The van der Waals surface area contributed by atoms with E-state index in [0.29, 0.717) is 6.42 Å². The van der Waals surface area contributed by atoms with Gasteiger partial charge >= 0.3 is 0 Å². The highest BCUT2D eigenvalue weighted by Crippen LogP contribution is 2.27. The van der Waals surface area contributed by atoms with Crippen LogP contribution in [0.3, 0.4) is 0 Å². The molecule has 1 amide bonds. The Morgan fingerprint density at radius 3 is 3.07 bits per heavy atom. The van der Waals surface area contributed by atoms with Crippen molar-refractivity contribution in [3.8, 4) is 0 Å². The number of imidazole rings is 1. The van der Waals surface area contributed by atoms with Crippen molar-refractivity contribution in [1.82, 2.24) is 29.2 Å². The molecular formula is C19H24N6OS. The summed E-state index contributed by atoms with van der Waals surface area (Å²) in [5.74, 6) is 1.57. The maximum absolute atomic E-state index is 12.7. The molecule has 3 aromatic rings. The van der Waals surface area contributed by atoms with Gasteiger partial charge in [-0.05, 0) is 24.8 Å². The summed E-state index contributed by atoms with van der Waals surface area (Å²) >= 11 is 1.61. The van der Waals surface area contributed by atoms with Crippen LogP contribution >= 0.6 is 11.3 Å². The second-order valence-electron chi connectivity index (χ2n) is 7.09. The second-order valence-corrected chi connectivity index (χ2v) is 7.81. The Morgan fingerprint density at radius 2 is 2.30 bits per heavy atom. The molecule has 1 aliphatic heterocycles. The zero-order chi connectivity index (χ0) is 18.6. The normalized spacial score (nSPS) is 17.4. The predicted molar refractivity (Wildman–Crippen MR) is 104 cm³/mol. The first-order valence-corrected chi connectivity index (χ1v) is 10.3. The molecule has 142 valence electrons. The third kappa shape index (κ3) is 4.27. The summed E-state index contributed by atoms with van der Waals surface area (Å²) in [6, 6.07) is 0. The topological polar surface area (TPSA) is 68.8 Å². The third-order valence-electron chi connectivity index (χ3n) is 5.09. The summed E-state index contributed by atoms with van der Waals surface area (Å²) in [6.45, 7) is 2.33. The van der Waals surface area contributed by atoms with E-state index < -0.39 is 0 Å². The number of piperidine rings is 1. The van der Waals surface area contributed by atoms with Crippen molar-refractivity contribution in [2.75, 3.05) is 13.1 Å². The van der Waals surface area contributed by atoms with Crippen LogP contribution in [0.5, 0.6) is 0 Å². The molecule has 4 heterocycles. The minimum absolute atomic E-state index is 0.223. The van der Waals surface area contributed by atoms with E-state index in [-0.39, 0.29) is 11.8 Å². The van der Waals surface area contributed by atoms with Gasteiger partial charge in [0.05, 0.1) is 23.9 Å². The Bertz CT molecular complexity index is 884. The van der Waals surface area contributed by atoms with Gasteiger partial charge < -0.3 is 9.47 Å². The highest BCUT2D eigenvalue weighted by Gasteiger charge is 2.27. The van der Waals surface area contributed by atoms with Crippen LogP contribution in [0.25, 0.3) is 0 Å². The minimum Gasteiger partial charge on any atom is -0.342 e. The smallest absolute Gasteiger partial charge is 0.222 e. The SMILES string of the molecule is Cn1cc(CCC(=O)N2CCC[C@H](c3nccn3Cc3cscn3)C2)cn1. The summed E-state index contributed by atoms with van der Waals surface area (Å²) in [4.78, 5) is 23.7. The van der Waals surface area contributed by atoms with Crippen LogP contribution in [0.15, 0.2) is 35.7 Å². The van der Waals surface area contributed by atoms with Gasteiger partial charge in [-0.25, -0.2) is 9.97 Å². The first-order valence-electron chi connectivity index (χ1n) is 9.32. The number of rotatable bonds is 6. The average Bonchev–Trinajstić information content (AvgIpc) is 3.43. The van der Waals surface area contributed by atoms with E-state index >= 15 is 0 Å². The Hall–Kier alpha value is -2.48. The van der Waals surface area contributed by atoms with Gasteiger partial charge in [-0.3, -0.25) is 9.48 Å². The van der Waals surface area contributed by atoms with Gasteiger partial charge in [-0.15, -0.1) is 11.3 Å². The van der Waals surface area contributed by atoms with Crippen molar-refractivity contribution >= 4 is 17.2 Å². The lowest BCUT2D eigenvalue weighted by Crippen LogP contribution is -2.39. The van der Waals surface area contributed by atoms with Crippen LogP contribution in [-0.4, -0.2) is 48.2 Å². The van der Waals surface area contributed by atoms with E-state index in [1.54, 1.807) is 16.0 Å². The fourth-order valence-corrected chi connectivity index (χ4v) is 4.28. The van der Waals surface area contributed by atoms with E-state index in [0.717, 1.165) is 56.0 Å². The first-order chi connectivity index (χ1) is 13.2. The minimum atomic E-state index is 0.223. The molecule has 8 heteroatoms. The summed E-state index contributed by atoms with van der Waals surface area (Å²) in [6.07, 6.45) is 11.0. The zero-order valence-corrected chi connectivity index (χ0v) is 16.3. The quantitative estimate of drug-likeness (QED) is 0.655. The number of carbonyl (C=O) groups is 1. The standard InChI is InChI=1S/C19H24N6OS/c1-23-10-15(9-22-23)4-5-18(26)24-7-2-3-16(11-24)19-20-6-8-25(19)12-17-13-27-14-21-17/h6,8-10,13-14,16H,2-5,7,11-12H2,1H3/t16-/m0/s1. The number of likely N-dealkylation sites (tertiary alicyclic amines) is 1. The lowest BCUT2D eigenvalue weighted by atomic mass is 9.96. The highest BCUT2D eigenvalue weighted by molar-refractivity contribution is 7.07. The van der Waals surface area contributed by atoms with Gasteiger partial charge in [0.25, 0.3) is 0 Å². The summed E-state index contributed by atoms with van der Waals surface area (Å²) < 4.78 is 3.95. The van der Waals surface area contributed by atoms with E-state index in [1.165, 1.54) is 0 Å². The Labute approximate surface area is 162 Å². The van der Waals surface area contributed by atoms with Crippen LogP contribution in [0.4, 0.5) is 0 Å². The molecule has 1 atom stereocenters. The van der Waals surface area contributed by atoms with Crippen LogP contribution in [0, 0.1) is 0 Å². The molecule has 0 bridgehead atoms. The lowest BCUT2D eigenvalue weighted by molar-refractivity contribution is -0.132. The Kier molecular flexibility index (Phi) is 5.33. The van der Waals surface area contributed by atoms with Crippen LogP contribution in [0.2, 0.25) is 0 Å². The number of aryl methyl sites for hydroxylation is 2. The molecule has 0 aromatic carbocycles. The fourth-order valence-electron chi connectivity index (χ4n) is 3.73. The number of nitrogens with zero attached hydrogens (tertiary/aromatic N) is 6. The molecule has 1 saturated heterocycles. The van der Waals surface area contributed by atoms with E-state index in [1.807, 2.05) is 42.2 Å². The highest BCUT2D eigenvalue weighted by atomic mass is 32.1. The summed E-state index contributed by atoms with van der Waals surface area (Å²) in [7, 11) is 1.90. The number of amides is 1. The molecule has 0 saturated carbocycles. The molecule has 0 N–H and O–H groups in total. The first kappa shape index (κ1) is 17.9. The number of aromatic nitrogens is 5. The molecule has 0 radical (unpaired) electrons. The second kappa shape index (κ2) is 8.04. The largest absolute Gasteiger partial charge is 0.342 e. The van der Waals surface area contributed by atoms with Gasteiger partial charge in [0, 0.05) is 56.4 Å². The molecule has 7 nitrogen and oxygen atoms in total. The summed E-state index contributed by atoms with van der Waals surface area (Å²) in [5, 5.41) is 6.24. The van der Waals surface area contributed by atoms with Gasteiger partial charge in [0.2, 0.25) is 5.91 Å². The maximum atomic E-state index is 12.7. The monoisotopic (exact) mass is 384 g/mol. The van der Waals surface area contributed by atoms with Crippen molar-refractivity contribution in [3.63, 3.8) is 0 Å². The maximum Gasteiger partial charge on any atom is 0.222 e. The fraction of sp³-hybridized carbons (Fsp3) is 0.474. The van der Waals surface area contributed by atoms with E-state index in [4.69, 9.17) is 0 Å².